The molecule has 5 heteroatoms. The second-order valence-electron chi connectivity index (χ2n) is 4.02. The molecule has 19 heavy (non-hydrogen) atoms. The van der Waals surface area contributed by atoms with E-state index in [2.05, 4.69) is 0 Å². The van der Waals surface area contributed by atoms with Crippen LogP contribution >= 0.6 is 11.6 Å². The Balaban J connectivity index is 2.31. The molecule has 0 aliphatic heterocycles. The van der Waals surface area contributed by atoms with Gasteiger partial charge in [0, 0.05) is 0 Å². The summed E-state index contributed by atoms with van der Waals surface area (Å²) in [4.78, 5) is 0. The average Bonchev–Trinajstić information content (AvgIpc) is 2.37. The number of aliphatic hydroxyl groups is 1. The van der Waals surface area contributed by atoms with Crippen LogP contribution < -0.4 is 4.74 Å². The fourth-order valence-corrected chi connectivity index (χ4v) is 1.77. The Bertz CT molecular complexity index is 600. The molecule has 0 saturated carbocycles. The van der Waals surface area contributed by atoms with Crippen LogP contribution in [0.2, 0.25) is 5.02 Å². The Morgan fingerprint density at radius 1 is 1.16 bits per heavy atom. The van der Waals surface area contributed by atoms with Crippen LogP contribution in [-0.4, -0.2) is 5.11 Å². The van der Waals surface area contributed by atoms with Crippen molar-refractivity contribution in [3.8, 4) is 11.5 Å². The molecule has 1 atom stereocenters. The van der Waals surface area contributed by atoms with Gasteiger partial charge in [0.2, 0.25) is 5.82 Å². The minimum atomic E-state index is -1.07. The lowest BCUT2D eigenvalue weighted by Crippen LogP contribution is -1.94. The molecule has 0 aromatic heterocycles. The van der Waals surface area contributed by atoms with Gasteiger partial charge in [0.15, 0.2) is 11.6 Å². The van der Waals surface area contributed by atoms with Crippen LogP contribution in [0, 0.1) is 11.6 Å². The summed E-state index contributed by atoms with van der Waals surface area (Å²) >= 11 is 5.96. The van der Waals surface area contributed by atoms with Gasteiger partial charge in [0.25, 0.3) is 0 Å². The maximum Gasteiger partial charge on any atom is 0.201 e. The Morgan fingerprint density at radius 3 is 2.53 bits per heavy atom. The van der Waals surface area contributed by atoms with E-state index in [1.54, 1.807) is 13.0 Å². The van der Waals surface area contributed by atoms with Crippen molar-refractivity contribution in [3.05, 3.63) is 58.6 Å². The lowest BCUT2D eigenvalue weighted by Gasteiger charge is -2.11. The normalized spacial score (nSPS) is 12.3. The first-order valence-electron chi connectivity index (χ1n) is 5.58. The summed E-state index contributed by atoms with van der Waals surface area (Å²) in [5, 5.41) is 9.61. The highest BCUT2D eigenvalue weighted by atomic mass is 35.5. The number of benzene rings is 2. The van der Waals surface area contributed by atoms with E-state index in [-0.39, 0.29) is 16.5 Å². The van der Waals surface area contributed by atoms with E-state index in [4.69, 9.17) is 16.3 Å². The zero-order chi connectivity index (χ0) is 14.0. The van der Waals surface area contributed by atoms with Crippen LogP contribution in [0.25, 0.3) is 0 Å². The Morgan fingerprint density at radius 2 is 1.89 bits per heavy atom. The molecule has 1 unspecified atom stereocenters. The van der Waals surface area contributed by atoms with Crippen molar-refractivity contribution in [1.82, 2.24) is 0 Å². The number of halogens is 3. The van der Waals surface area contributed by atoms with E-state index in [9.17, 15) is 13.9 Å². The topological polar surface area (TPSA) is 29.5 Å². The highest BCUT2D eigenvalue weighted by molar-refractivity contribution is 6.32. The van der Waals surface area contributed by atoms with Crippen LogP contribution in [0.4, 0.5) is 8.78 Å². The first kappa shape index (κ1) is 13.8. The standard InChI is InChI=1S/C14H11ClF2O2/c1-8(18)9-5-6-12(10(15)7-9)19-13-4-2-3-11(16)14(13)17/h2-8,18H,1H3. The number of ether oxygens (including phenoxy) is 1. The minimum absolute atomic E-state index is 0.190. The summed E-state index contributed by atoms with van der Waals surface area (Å²) in [7, 11) is 0. The molecule has 0 radical (unpaired) electrons. The fraction of sp³-hybridized carbons (Fsp3) is 0.143. The summed E-state index contributed by atoms with van der Waals surface area (Å²) in [6, 6.07) is 8.25. The smallest absolute Gasteiger partial charge is 0.201 e. The largest absolute Gasteiger partial charge is 0.453 e. The lowest BCUT2D eigenvalue weighted by atomic mass is 10.1. The zero-order valence-electron chi connectivity index (χ0n) is 10.0. The van der Waals surface area contributed by atoms with Gasteiger partial charge in [-0.2, -0.15) is 4.39 Å². The quantitative estimate of drug-likeness (QED) is 0.901. The monoisotopic (exact) mass is 284 g/mol. The summed E-state index contributed by atoms with van der Waals surface area (Å²) in [5.41, 5.74) is 0.608. The predicted octanol–water partition coefficient (Wildman–Crippen LogP) is 4.46. The number of rotatable bonds is 3. The predicted molar refractivity (Wildman–Crippen MR) is 68.5 cm³/mol. The van der Waals surface area contributed by atoms with Crippen LogP contribution in [0.15, 0.2) is 36.4 Å². The molecular weight excluding hydrogens is 274 g/mol. The Hall–Kier alpha value is -1.65. The van der Waals surface area contributed by atoms with Gasteiger partial charge in [0.1, 0.15) is 5.75 Å². The highest BCUT2D eigenvalue weighted by Gasteiger charge is 2.12. The second kappa shape index (κ2) is 5.55. The summed E-state index contributed by atoms with van der Waals surface area (Å²) < 4.78 is 31.7. The lowest BCUT2D eigenvalue weighted by molar-refractivity contribution is 0.199. The number of aliphatic hydroxyl groups excluding tert-OH is 1. The van der Waals surface area contributed by atoms with Crippen molar-refractivity contribution in [2.75, 3.05) is 0 Å². The fourth-order valence-electron chi connectivity index (χ4n) is 1.54. The van der Waals surface area contributed by atoms with Crippen molar-refractivity contribution in [2.45, 2.75) is 13.0 Å². The highest BCUT2D eigenvalue weighted by Crippen LogP contribution is 2.33. The van der Waals surface area contributed by atoms with E-state index >= 15 is 0 Å². The molecule has 1 N–H and O–H groups in total. The summed E-state index contributed by atoms with van der Waals surface area (Å²) in [6.07, 6.45) is -0.669. The van der Waals surface area contributed by atoms with Crippen molar-refractivity contribution in [2.24, 2.45) is 0 Å². The van der Waals surface area contributed by atoms with Crippen molar-refractivity contribution >= 4 is 11.6 Å². The first-order valence-corrected chi connectivity index (χ1v) is 5.96. The first-order chi connectivity index (χ1) is 8.99. The number of hydrogen-bond acceptors (Lipinski definition) is 2. The average molecular weight is 285 g/mol. The van der Waals surface area contributed by atoms with Gasteiger partial charge >= 0.3 is 0 Å². The molecule has 0 heterocycles. The molecule has 0 spiro atoms. The van der Waals surface area contributed by atoms with Crippen LogP contribution in [0.1, 0.15) is 18.6 Å². The van der Waals surface area contributed by atoms with Gasteiger partial charge in [-0.15, -0.1) is 0 Å². The van der Waals surface area contributed by atoms with Crippen LogP contribution in [0.3, 0.4) is 0 Å². The van der Waals surface area contributed by atoms with Gasteiger partial charge in [-0.05, 0) is 36.8 Å². The number of hydrogen-bond donors (Lipinski definition) is 1. The van der Waals surface area contributed by atoms with Crippen LogP contribution in [0.5, 0.6) is 11.5 Å². The second-order valence-corrected chi connectivity index (χ2v) is 4.43. The maximum atomic E-state index is 13.4. The Labute approximate surface area is 114 Å². The molecule has 100 valence electrons. The van der Waals surface area contributed by atoms with Gasteiger partial charge in [0.05, 0.1) is 11.1 Å². The van der Waals surface area contributed by atoms with Gasteiger partial charge < -0.3 is 9.84 Å². The van der Waals surface area contributed by atoms with Gasteiger partial charge in [-0.3, -0.25) is 0 Å². The van der Waals surface area contributed by atoms with E-state index in [0.29, 0.717) is 5.56 Å². The van der Waals surface area contributed by atoms with Gasteiger partial charge in [-0.25, -0.2) is 4.39 Å². The third kappa shape index (κ3) is 3.03. The molecule has 2 nitrogen and oxygen atoms in total. The molecular formula is C14H11ClF2O2. The van der Waals surface area contributed by atoms with E-state index in [0.717, 1.165) is 6.07 Å². The van der Waals surface area contributed by atoms with Crippen molar-refractivity contribution in [3.63, 3.8) is 0 Å². The summed E-state index contributed by atoms with van der Waals surface area (Å²) in [6.45, 7) is 1.60. The molecule has 0 aliphatic rings. The molecule has 0 aliphatic carbocycles. The third-order valence-corrected chi connectivity index (χ3v) is 2.87. The molecule has 0 fully saturated rings. The molecule has 2 rings (SSSR count). The van der Waals surface area contributed by atoms with Crippen LogP contribution in [-0.2, 0) is 0 Å². The van der Waals surface area contributed by atoms with Crippen molar-refractivity contribution < 1.29 is 18.6 Å². The van der Waals surface area contributed by atoms with Crippen molar-refractivity contribution in [1.29, 1.82) is 0 Å². The molecule has 2 aromatic rings. The summed E-state index contributed by atoms with van der Waals surface area (Å²) in [5.74, 6) is -2.12. The molecule has 0 saturated heterocycles. The SMILES string of the molecule is CC(O)c1ccc(Oc2cccc(F)c2F)c(Cl)c1. The third-order valence-electron chi connectivity index (χ3n) is 2.57. The minimum Gasteiger partial charge on any atom is -0.453 e. The molecule has 2 aromatic carbocycles. The molecule has 0 amide bonds. The zero-order valence-corrected chi connectivity index (χ0v) is 10.8. The maximum absolute atomic E-state index is 13.4. The molecule has 0 bridgehead atoms. The van der Waals surface area contributed by atoms with Gasteiger partial charge in [-0.1, -0.05) is 23.7 Å². The Kier molecular flexibility index (Phi) is 4.02. The van der Waals surface area contributed by atoms with E-state index < -0.39 is 17.7 Å². The van der Waals surface area contributed by atoms with E-state index in [1.165, 1.54) is 24.3 Å². The van der Waals surface area contributed by atoms with E-state index in [1.807, 2.05) is 0 Å².